The molecule has 1 aliphatic heterocycles. The standard InChI is InChI=1S/C15H20FNO3/c1-11(19)13-3-2-4-14(16)15(13)17-7-5-12(6-8-17)20-10-9-18/h2-4,12,18H,5-10H2,1H3. The van der Waals surface area contributed by atoms with E-state index in [0.717, 1.165) is 12.8 Å². The summed E-state index contributed by atoms with van der Waals surface area (Å²) >= 11 is 0. The van der Waals surface area contributed by atoms with Crippen LogP contribution in [0, 0.1) is 5.82 Å². The van der Waals surface area contributed by atoms with Crippen molar-refractivity contribution in [3.63, 3.8) is 0 Å². The van der Waals surface area contributed by atoms with Crippen LogP contribution in [0.2, 0.25) is 0 Å². The first kappa shape index (κ1) is 14.9. The summed E-state index contributed by atoms with van der Waals surface area (Å²) in [6.07, 6.45) is 1.64. The highest BCUT2D eigenvalue weighted by Gasteiger charge is 2.24. The number of aliphatic hydroxyl groups is 1. The average molecular weight is 281 g/mol. The smallest absolute Gasteiger partial charge is 0.161 e. The fourth-order valence-corrected chi connectivity index (χ4v) is 2.59. The summed E-state index contributed by atoms with van der Waals surface area (Å²) in [5, 5.41) is 8.74. The summed E-state index contributed by atoms with van der Waals surface area (Å²) in [6, 6.07) is 4.61. The minimum atomic E-state index is -0.354. The maximum atomic E-state index is 14.0. The fourth-order valence-electron chi connectivity index (χ4n) is 2.59. The van der Waals surface area contributed by atoms with Crippen LogP contribution in [0.5, 0.6) is 0 Å². The second-order valence-electron chi connectivity index (χ2n) is 4.97. The Morgan fingerprint density at radius 3 is 2.75 bits per heavy atom. The topological polar surface area (TPSA) is 49.8 Å². The van der Waals surface area contributed by atoms with Gasteiger partial charge in [-0.3, -0.25) is 4.79 Å². The van der Waals surface area contributed by atoms with E-state index < -0.39 is 0 Å². The number of hydrogen-bond acceptors (Lipinski definition) is 4. The molecule has 2 rings (SSSR count). The van der Waals surface area contributed by atoms with E-state index in [1.165, 1.54) is 13.0 Å². The molecule has 1 N–H and O–H groups in total. The third kappa shape index (κ3) is 3.35. The Hall–Kier alpha value is -1.46. The molecule has 0 atom stereocenters. The largest absolute Gasteiger partial charge is 0.394 e. The van der Waals surface area contributed by atoms with Crippen molar-refractivity contribution in [2.24, 2.45) is 0 Å². The van der Waals surface area contributed by atoms with Crippen molar-refractivity contribution in [1.29, 1.82) is 0 Å². The molecule has 20 heavy (non-hydrogen) atoms. The van der Waals surface area contributed by atoms with E-state index in [1.807, 2.05) is 4.90 Å². The van der Waals surface area contributed by atoms with Crippen molar-refractivity contribution in [3.05, 3.63) is 29.6 Å². The van der Waals surface area contributed by atoms with Crippen molar-refractivity contribution in [1.82, 2.24) is 0 Å². The average Bonchev–Trinajstić information content (AvgIpc) is 2.45. The maximum absolute atomic E-state index is 14.0. The van der Waals surface area contributed by atoms with Gasteiger partial charge in [0.2, 0.25) is 0 Å². The third-order valence-corrected chi connectivity index (χ3v) is 3.57. The Labute approximate surface area is 118 Å². The Morgan fingerprint density at radius 2 is 2.15 bits per heavy atom. The molecule has 110 valence electrons. The first-order chi connectivity index (χ1) is 9.63. The number of nitrogens with zero attached hydrogens (tertiary/aromatic N) is 1. The molecule has 1 aromatic carbocycles. The first-order valence-corrected chi connectivity index (χ1v) is 6.90. The van der Waals surface area contributed by atoms with Crippen LogP contribution in [-0.4, -0.2) is 43.3 Å². The van der Waals surface area contributed by atoms with Gasteiger partial charge < -0.3 is 14.7 Å². The van der Waals surface area contributed by atoms with Crippen molar-refractivity contribution in [2.75, 3.05) is 31.2 Å². The minimum Gasteiger partial charge on any atom is -0.394 e. The Kier molecular flexibility index (Phi) is 5.09. The zero-order valence-corrected chi connectivity index (χ0v) is 11.6. The lowest BCUT2D eigenvalue weighted by atomic mass is 10.0. The van der Waals surface area contributed by atoms with Crippen molar-refractivity contribution >= 4 is 11.5 Å². The molecule has 0 saturated carbocycles. The van der Waals surface area contributed by atoms with E-state index in [4.69, 9.17) is 9.84 Å². The molecule has 1 heterocycles. The highest BCUT2D eigenvalue weighted by atomic mass is 19.1. The number of Topliss-reactive ketones (excluding diaryl/α,β-unsaturated/α-hetero) is 1. The molecule has 1 saturated heterocycles. The number of aliphatic hydroxyl groups excluding tert-OH is 1. The second-order valence-corrected chi connectivity index (χ2v) is 4.97. The van der Waals surface area contributed by atoms with E-state index >= 15 is 0 Å². The lowest BCUT2D eigenvalue weighted by molar-refractivity contribution is 0.0158. The molecular weight excluding hydrogens is 261 g/mol. The molecule has 0 amide bonds. The molecule has 4 nitrogen and oxygen atoms in total. The molecule has 5 heteroatoms. The number of anilines is 1. The summed E-state index contributed by atoms with van der Waals surface area (Å²) in [7, 11) is 0. The second kappa shape index (κ2) is 6.81. The van der Waals surface area contributed by atoms with Crippen molar-refractivity contribution in [2.45, 2.75) is 25.9 Å². The van der Waals surface area contributed by atoms with Gasteiger partial charge in [0.05, 0.1) is 25.0 Å². The zero-order valence-electron chi connectivity index (χ0n) is 11.6. The lowest BCUT2D eigenvalue weighted by Crippen LogP contribution is -2.38. The van der Waals surface area contributed by atoms with Gasteiger partial charge in [0.15, 0.2) is 5.78 Å². The van der Waals surface area contributed by atoms with Gasteiger partial charge in [0, 0.05) is 18.7 Å². The van der Waals surface area contributed by atoms with Crippen molar-refractivity contribution < 1.29 is 19.0 Å². The highest BCUT2D eigenvalue weighted by molar-refractivity contribution is 5.99. The van der Waals surface area contributed by atoms with Crippen molar-refractivity contribution in [3.8, 4) is 0 Å². The quantitative estimate of drug-likeness (QED) is 0.839. The number of carbonyl (C=O) groups is 1. The van der Waals surface area contributed by atoms with Crippen LogP contribution in [0.25, 0.3) is 0 Å². The molecule has 0 spiro atoms. The molecule has 0 aromatic heterocycles. The van der Waals surface area contributed by atoms with Crippen LogP contribution in [0.3, 0.4) is 0 Å². The summed E-state index contributed by atoms with van der Waals surface area (Å²) in [5.74, 6) is -0.481. The van der Waals surface area contributed by atoms with Crippen LogP contribution in [0.15, 0.2) is 18.2 Å². The van der Waals surface area contributed by atoms with Gasteiger partial charge in [0.1, 0.15) is 5.82 Å². The number of rotatable bonds is 5. The number of ketones is 1. The van der Waals surface area contributed by atoms with Gasteiger partial charge in [-0.15, -0.1) is 0 Å². The molecule has 1 fully saturated rings. The summed E-state index contributed by atoms with van der Waals surface area (Å²) in [4.78, 5) is 13.5. The molecule has 0 unspecified atom stereocenters. The number of benzene rings is 1. The number of piperidine rings is 1. The van der Waals surface area contributed by atoms with Crippen LogP contribution < -0.4 is 4.90 Å². The summed E-state index contributed by atoms with van der Waals surface area (Å²) in [5.41, 5.74) is 0.834. The van der Waals surface area contributed by atoms with Crippen LogP contribution in [0.4, 0.5) is 10.1 Å². The molecule has 1 aromatic rings. The summed E-state index contributed by atoms with van der Waals surface area (Å²) < 4.78 is 19.5. The highest BCUT2D eigenvalue weighted by Crippen LogP contribution is 2.28. The van der Waals surface area contributed by atoms with Gasteiger partial charge in [-0.2, -0.15) is 0 Å². The van der Waals surface area contributed by atoms with Gasteiger partial charge in [0.25, 0.3) is 0 Å². The normalized spacial score (nSPS) is 16.4. The molecular formula is C15H20FNO3. The monoisotopic (exact) mass is 281 g/mol. The Morgan fingerprint density at radius 1 is 1.45 bits per heavy atom. The summed E-state index contributed by atoms with van der Waals surface area (Å²) in [6.45, 7) is 3.11. The van der Waals surface area contributed by atoms with E-state index in [9.17, 15) is 9.18 Å². The van der Waals surface area contributed by atoms with E-state index in [1.54, 1.807) is 12.1 Å². The number of carbonyl (C=O) groups excluding carboxylic acids is 1. The van der Waals surface area contributed by atoms with Crippen LogP contribution >= 0.6 is 0 Å². The van der Waals surface area contributed by atoms with Gasteiger partial charge in [-0.05, 0) is 31.9 Å². The number of halogens is 1. The minimum absolute atomic E-state index is 0.0159. The van der Waals surface area contributed by atoms with Crippen LogP contribution in [-0.2, 0) is 4.74 Å². The first-order valence-electron chi connectivity index (χ1n) is 6.90. The van der Waals surface area contributed by atoms with E-state index in [0.29, 0.717) is 30.9 Å². The number of hydrogen-bond donors (Lipinski definition) is 1. The van der Waals surface area contributed by atoms with Gasteiger partial charge in [-0.1, -0.05) is 6.07 Å². The van der Waals surface area contributed by atoms with Crippen LogP contribution in [0.1, 0.15) is 30.1 Å². The third-order valence-electron chi connectivity index (χ3n) is 3.57. The van der Waals surface area contributed by atoms with Gasteiger partial charge in [-0.25, -0.2) is 4.39 Å². The Bertz CT molecular complexity index is 470. The SMILES string of the molecule is CC(=O)c1cccc(F)c1N1CCC(OCCO)CC1. The maximum Gasteiger partial charge on any atom is 0.161 e. The fraction of sp³-hybridized carbons (Fsp3) is 0.533. The van der Waals surface area contributed by atoms with E-state index in [2.05, 4.69) is 0 Å². The number of ether oxygens (including phenoxy) is 1. The van der Waals surface area contributed by atoms with E-state index in [-0.39, 0.29) is 24.3 Å². The Balaban J connectivity index is 2.09. The molecule has 0 radical (unpaired) electrons. The predicted molar refractivity (Wildman–Crippen MR) is 74.7 cm³/mol. The molecule has 0 bridgehead atoms. The molecule has 0 aliphatic carbocycles. The lowest BCUT2D eigenvalue weighted by Gasteiger charge is -2.34. The molecule has 1 aliphatic rings. The number of para-hydroxylation sites is 1. The predicted octanol–water partition coefficient (Wildman–Crippen LogP) is 2.01. The zero-order chi connectivity index (χ0) is 14.5. The van der Waals surface area contributed by atoms with Gasteiger partial charge >= 0.3 is 0 Å².